The van der Waals surface area contributed by atoms with Gasteiger partial charge in [-0.15, -0.1) is 0 Å². The molecule has 0 aliphatic carbocycles. The summed E-state index contributed by atoms with van der Waals surface area (Å²) in [5, 5.41) is 0. The van der Waals surface area contributed by atoms with E-state index in [0.29, 0.717) is 6.54 Å². The molecule has 0 saturated carbocycles. The summed E-state index contributed by atoms with van der Waals surface area (Å²) in [5.74, 6) is 0.874. The van der Waals surface area contributed by atoms with Crippen LogP contribution >= 0.6 is 15.9 Å². The zero-order valence-corrected chi connectivity index (χ0v) is 10.9. The summed E-state index contributed by atoms with van der Waals surface area (Å²) in [4.78, 5) is 7.52. The molecule has 0 radical (unpaired) electrons. The minimum atomic E-state index is 0.488. The molecular formula is C12H14BrN3. The molecule has 0 unspecified atom stereocenters. The van der Waals surface area contributed by atoms with Gasteiger partial charge >= 0.3 is 0 Å². The van der Waals surface area contributed by atoms with Crippen molar-refractivity contribution < 1.29 is 0 Å². The normalized spacial score (nSPS) is 10.8. The quantitative estimate of drug-likeness (QED) is 0.888. The summed E-state index contributed by atoms with van der Waals surface area (Å²) >= 11 is 3.55. The lowest BCUT2D eigenvalue weighted by Gasteiger charge is -2.05. The molecule has 2 rings (SSSR count). The van der Waals surface area contributed by atoms with Gasteiger partial charge < -0.3 is 10.7 Å². The van der Waals surface area contributed by atoms with E-state index in [9.17, 15) is 0 Å². The van der Waals surface area contributed by atoms with Crippen LogP contribution in [-0.4, -0.2) is 9.97 Å². The molecule has 1 aromatic carbocycles. The number of nitrogens with two attached hydrogens (primary N) is 1. The van der Waals surface area contributed by atoms with E-state index < -0.39 is 0 Å². The molecule has 3 N–H and O–H groups in total. The molecule has 0 saturated heterocycles. The largest absolute Gasteiger partial charge is 0.341 e. The Kier molecular flexibility index (Phi) is 3.12. The molecule has 1 aromatic heterocycles. The molecule has 0 spiro atoms. The fraction of sp³-hybridized carbons (Fsp3) is 0.250. The first-order chi connectivity index (χ1) is 7.61. The van der Waals surface area contributed by atoms with E-state index in [1.807, 2.05) is 0 Å². The molecule has 84 valence electrons. The summed E-state index contributed by atoms with van der Waals surface area (Å²) in [6.45, 7) is 4.64. The van der Waals surface area contributed by atoms with Crippen molar-refractivity contribution in [3.8, 4) is 11.4 Å². The highest BCUT2D eigenvalue weighted by molar-refractivity contribution is 9.10. The van der Waals surface area contributed by atoms with Gasteiger partial charge in [-0.05, 0) is 37.1 Å². The van der Waals surface area contributed by atoms with Crippen LogP contribution in [0.15, 0.2) is 22.8 Å². The molecule has 4 heteroatoms. The second kappa shape index (κ2) is 4.39. The third-order valence-corrected chi connectivity index (χ3v) is 3.81. The Hall–Kier alpha value is -1.13. The average Bonchev–Trinajstić information content (AvgIpc) is 2.73. The van der Waals surface area contributed by atoms with Gasteiger partial charge in [0.05, 0.1) is 0 Å². The molecule has 0 aliphatic rings. The number of aryl methyl sites for hydroxylation is 2. The van der Waals surface area contributed by atoms with Crippen LogP contribution in [0.5, 0.6) is 0 Å². The van der Waals surface area contributed by atoms with Crippen LogP contribution in [0.3, 0.4) is 0 Å². The number of hydrogen-bond donors (Lipinski definition) is 2. The molecule has 0 bridgehead atoms. The van der Waals surface area contributed by atoms with E-state index in [0.717, 1.165) is 21.6 Å². The molecule has 0 amide bonds. The van der Waals surface area contributed by atoms with Crippen molar-refractivity contribution in [2.45, 2.75) is 20.4 Å². The highest BCUT2D eigenvalue weighted by Gasteiger charge is 2.07. The number of hydrogen-bond acceptors (Lipinski definition) is 2. The lowest BCUT2D eigenvalue weighted by molar-refractivity contribution is 1.01. The van der Waals surface area contributed by atoms with Crippen LogP contribution in [0.2, 0.25) is 0 Å². The van der Waals surface area contributed by atoms with E-state index in [1.54, 1.807) is 6.20 Å². The number of rotatable bonds is 2. The van der Waals surface area contributed by atoms with Gasteiger partial charge in [0.2, 0.25) is 0 Å². The summed E-state index contributed by atoms with van der Waals surface area (Å²) in [5.41, 5.74) is 10.0. The molecule has 16 heavy (non-hydrogen) atoms. The SMILES string of the molecule is Cc1cc(-c2ncc(CN)[nH]2)cc(C)c1Br. The van der Waals surface area contributed by atoms with Gasteiger partial charge in [-0.3, -0.25) is 0 Å². The number of aromatic nitrogens is 2. The zero-order valence-electron chi connectivity index (χ0n) is 9.34. The monoisotopic (exact) mass is 279 g/mol. The zero-order chi connectivity index (χ0) is 11.7. The third-order valence-electron chi connectivity index (χ3n) is 2.56. The van der Waals surface area contributed by atoms with Crippen LogP contribution in [0.25, 0.3) is 11.4 Å². The second-order valence-electron chi connectivity index (χ2n) is 3.89. The number of H-pyrrole nitrogens is 1. The highest BCUT2D eigenvalue weighted by atomic mass is 79.9. The van der Waals surface area contributed by atoms with Crippen molar-refractivity contribution in [1.82, 2.24) is 9.97 Å². The minimum absolute atomic E-state index is 0.488. The average molecular weight is 280 g/mol. The fourth-order valence-electron chi connectivity index (χ4n) is 1.69. The van der Waals surface area contributed by atoms with Crippen molar-refractivity contribution in [2.75, 3.05) is 0 Å². The first-order valence-electron chi connectivity index (χ1n) is 5.13. The Bertz CT molecular complexity index is 494. The first kappa shape index (κ1) is 11.4. The van der Waals surface area contributed by atoms with E-state index in [-0.39, 0.29) is 0 Å². The van der Waals surface area contributed by atoms with Crippen molar-refractivity contribution in [3.63, 3.8) is 0 Å². The molecule has 1 heterocycles. The molecule has 0 fully saturated rings. The van der Waals surface area contributed by atoms with E-state index in [2.05, 4.69) is 51.9 Å². The standard InChI is InChI=1S/C12H14BrN3/c1-7-3-9(4-8(2)11(7)13)12-15-6-10(5-14)16-12/h3-4,6H,5,14H2,1-2H3,(H,15,16). The molecular weight excluding hydrogens is 266 g/mol. The van der Waals surface area contributed by atoms with Gasteiger partial charge in [-0.2, -0.15) is 0 Å². The highest BCUT2D eigenvalue weighted by Crippen LogP contribution is 2.26. The number of nitrogens with zero attached hydrogens (tertiary/aromatic N) is 1. The van der Waals surface area contributed by atoms with Crippen LogP contribution < -0.4 is 5.73 Å². The summed E-state index contributed by atoms with van der Waals surface area (Å²) in [7, 11) is 0. The second-order valence-corrected chi connectivity index (χ2v) is 4.68. The van der Waals surface area contributed by atoms with Gasteiger partial charge in [0, 0.05) is 28.5 Å². The van der Waals surface area contributed by atoms with Gasteiger partial charge in [0.1, 0.15) is 5.82 Å². The minimum Gasteiger partial charge on any atom is -0.341 e. The maximum absolute atomic E-state index is 5.55. The number of benzene rings is 1. The third kappa shape index (κ3) is 2.03. The number of halogens is 1. The molecule has 0 aliphatic heterocycles. The number of aromatic amines is 1. The molecule has 3 nitrogen and oxygen atoms in total. The van der Waals surface area contributed by atoms with Gasteiger partial charge in [0.15, 0.2) is 0 Å². The fourth-order valence-corrected chi connectivity index (χ4v) is 1.92. The van der Waals surface area contributed by atoms with Crippen molar-refractivity contribution in [2.24, 2.45) is 5.73 Å². The Morgan fingerprint density at radius 1 is 1.31 bits per heavy atom. The Morgan fingerprint density at radius 2 is 1.94 bits per heavy atom. The van der Waals surface area contributed by atoms with Crippen molar-refractivity contribution >= 4 is 15.9 Å². The van der Waals surface area contributed by atoms with E-state index in [4.69, 9.17) is 5.73 Å². The van der Waals surface area contributed by atoms with Crippen molar-refractivity contribution in [3.05, 3.63) is 39.6 Å². The first-order valence-corrected chi connectivity index (χ1v) is 5.92. The predicted molar refractivity (Wildman–Crippen MR) is 69.1 cm³/mol. The topological polar surface area (TPSA) is 54.7 Å². The van der Waals surface area contributed by atoms with Gasteiger partial charge in [0.25, 0.3) is 0 Å². The Morgan fingerprint density at radius 3 is 2.44 bits per heavy atom. The van der Waals surface area contributed by atoms with Crippen LogP contribution in [0.4, 0.5) is 0 Å². The van der Waals surface area contributed by atoms with Crippen LogP contribution in [0, 0.1) is 13.8 Å². The van der Waals surface area contributed by atoms with E-state index >= 15 is 0 Å². The van der Waals surface area contributed by atoms with Crippen LogP contribution in [-0.2, 0) is 6.54 Å². The lowest BCUT2D eigenvalue weighted by Crippen LogP contribution is -1.95. The molecule has 0 atom stereocenters. The lowest BCUT2D eigenvalue weighted by atomic mass is 10.1. The maximum atomic E-state index is 5.55. The summed E-state index contributed by atoms with van der Waals surface area (Å²) in [6, 6.07) is 4.21. The van der Waals surface area contributed by atoms with Crippen LogP contribution in [0.1, 0.15) is 16.8 Å². The predicted octanol–water partition coefficient (Wildman–Crippen LogP) is 2.91. The smallest absolute Gasteiger partial charge is 0.137 e. The maximum Gasteiger partial charge on any atom is 0.137 e. The van der Waals surface area contributed by atoms with Gasteiger partial charge in [-0.25, -0.2) is 4.98 Å². The summed E-state index contributed by atoms with van der Waals surface area (Å²) < 4.78 is 1.15. The van der Waals surface area contributed by atoms with Crippen molar-refractivity contribution in [1.29, 1.82) is 0 Å². The van der Waals surface area contributed by atoms with E-state index in [1.165, 1.54) is 11.1 Å². The number of nitrogens with one attached hydrogen (secondary N) is 1. The summed E-state index contributed by atoms with van der Waals surface area (Å²) in [6.07, 6.45) is 1.78. The molecule has 2 aromatic rings. The number of imidazole rings is 1. The Labute approximate surface area is 103 Å². The van der Waals surface area contributed by atoms with Gasteiger partial charge in [-0.1, -0.05) is 15.9 Å². The Balaban J connectivity index is 2.48.